The van der Waals surface area contributed by atoms with Gasteiger partial charge in [-0.25, -0.2) is 46.9 Å². The molecule has 56 heavy (non-hydrogen) atoms. The number of nitrogens with zero attached hydrogens (tertiary/aromatic N) is 8. The lowest BCUT2D eigenvalue weighted by molar-refractivity contribution is -0.155. The predicted octanol–water partition coefficient (Wildman–Crippen LogP) is 5.92. The standard InChI is InChI=1S/C34H20F10N8O4/c35-23-4-2-20(29(38)22(23)14-51-28(53)6-5-26(49-51)18-9-45-31(46-10-18)55-15-33(39,40)41)21-8-27(19-11-47-32(48-12-19)56-16-34(42,43)44)50-52(30(21)54)13-17-1-3-24(36)25(37)7-17/h1-12H,13-16H2. The third-order valence-corrected chi connectivity index (χ3v) is 7.52. The predicted molar refractivity (Wildman–Crippen MR) is 172 cm³/mol. The molecule has 4 heterocycles. The van der Waals surface area contributed by atoms with Crippen LogP contribution in [-0.4, -0.2) is 65.1 Å². The van der Waals surface area contributed by atoms with E-state index < -0.39 is 102 Å². The highest BCUT2D eigenvalue weighted by atomic mass is 19.4. The third-order valence-electron chi connectivity index (χ3n) is 7.52. The van der Waals surface area contributed by atoms with Gasteiger partial charge in [-0.3, -0.25) is 9.59 Å². The minimum Gasteiger partial charge on any atom is -0.454 e. The van der Waals surface area contributed by atoms with Gasteiger partial charge in [0, 0.05) is 53.1 Å². The second-order valence-electron chi connectivity index (χ2n) is 11.6. The normalized spacial score (nSPS) is 11.8. The van der Waals surface area contributed by atoms with E-state index in [0.717, 1.165) is 71.9 Å². The van der Waals surface area contributed by atoms with Gasteiger partial charge in [0.25, 0.3) is 11.1 Å². The lowest BCUT2D eigenvalue weighted by Crippen LogP contribution is -2.26. The van der Waals surface area contributed by atoms with Crippen LogP contribution in [0.2, 0.25) is 0 Å². The van der Waals surface area contributed by atoms with Crippen LogP contribution in [0.3, 0.4) is 0 Å². The highest BCUT2D eigenvalue weighted by molar-refractivity contribution is 5.70. The lowest BCUT2D eigenvalue weighted by atomic mass is 10.0. The number of benzene rings is 2. The summed E-state index contributed by atoms with van der Waals surface area (Å²) in [4.78, 5) is 41.3. The Kier molecular flexibility index (Phi) is 10.8. The van der Waals surface area contributed by atoms with Crippen LogP contribution in [0.25, 0.3) is 33.6 Å². The molecule has 12 nitrogen and oxygen atoms in total. The lowest BCUT2D eigenvalue weighted by Gasteiger charge is -2.14. The smallest absolute Gasteiger partial charge is 0.422 e. The highest BCUT2D eigenvalue weighted by Crippen LogP contribution is 2.29. The molecule has 0 unspecified atom stereocenters. The molecule has 0 fully saturated rings. The number of hydrogen-bond acceptors (Lipinski definition) is 10. The fraction of sp³-hybridized carbons (Fsp3) is 0.176. The number of alkyl halides is 6. The van der Waals surface area contributed by atoms with E-state index in [1.807, 2.05) is 0 Å². The molecule has 4 aromatic heterocycles. The van der Waals surface area contributed by atoms with Crippen LogP contribution < -0.4 is 20.6 Å². The van der Waals surface area contributed by atoms with E-state index in [0.29, 0.717) is 4.68 Å². The molecule has 0 N–H and O–H groups in total. The monoisotopic (exact) mass is 794 g/mol. The van der Waals surface area contributed by atoms with E-state index >= 15 is 8.78 Å². The average molecular weight is 795 g/mol. The summed E-state index contributed by atoms with van der Waals surface area (Å²) in [5, 5.41) is 8.24. The summed E-state index contributed by atoms with van der Waals surface area (Å²) in [6, 6.07) is 6.39. The summed E-state index contributed by atoms with van der Waals surface area (Å²) in [7, 11) is 0. The Morgan fingerprint density at radius 1 is 0.571 bits per heavy atom. The van der Waals surface area contributed by atoms with E-state index in [2.05, 4.69) is 39.6 Å². The second-order valence-corrected chi connectivity index (χ2v) is 11.6. The van der Waals surface area contributed by atoms with Crippen LogP contribution >= 0.6 is 0 Å². The van der Waals surface area contributed by atoms with Crippen LogP contribution in [-0.2, 0) is 13.1 Å². The van der Waals surface area contributed by atoms with Crippen LogP contribution in [0.5, 0.6) is 12.0 Å². The molecule has 290 valence electrons. The van der Waals surface area contributed by atoms with Gasteiger partial charge in [-0.05, 0) is 42.0 Å². The summed E-state index contributed by atoms with van der Waals surface area (Å²) in [5.41, 5.74) is -3.69. The zero-order valence-corrected chi connectivity index (χ0v) is 27.7. The molecule has 2 aromatic carbocycles. The molecule has 0 spiro atoms. The second kappa shape index (κ2) is 15.5. The molecule has 0 amide bonds. The molecule has 6 aromatic rings. The molecule has 0 bridgehead atoms. The summed E-state index contributed by atoms with van der Waals surface area (Å²) in [6.45, 7) is -4.71. The summed E-state index contributed by atoms with van der Waals surface area (Å²) in [5.74, 6) is -4.94. The molecule has 6 rings (SSSR count). The molecule has 22 heteroatoms. The van der Waals surface area contributed by atoms with Crippen molar-refractivity contribution in [1.29, 1.82) is 0 Å². The first kappa shape index (κ1) is 39.0. The first-order chi connectivity index (χ1) is 26.4. The minimum atomic E-state index is -4.69. The van der Waals surface area contributed by atoms with Gasteiger partial charge in [0.15, 0.2) is 24.8 Å². The van der Waals surface area contributed by atoms with E-state index in [9.17, 15) is 44.7 Å². The molecule has 0 saturated carbocycles. The zero-order chi connectivity index (χ0) is 40.4. The minimum absolute atomic E-state index is 0.0242. The average Bonchev–Trinajstić information content (AvgIpc) is 3.15. The Balaban J connectivity index is 1.38. The fourth-order valence-corrected chi connectivity index (χ4v) is 4.95. The van der Waals surface area contributed by atoms with E-state index in [1.165, 1.54) is 6.07 Å². The van der Waals surface area contributed by atoms with Gasteiger partial charge in [-0.15, -0.1) is 0 Å². The Morgan fingerprint density at radius 3 is 1.70 bits per heavy atom. The van der Waals surface area contributed by atoms with Crippen molar-refractivity contribution in [2.24, 2.45) is 0 Å². The van der Waals surface area contributed by atoms with E-state index in [4.69, 9.17) is 0 Å². The Bertz CT molecular complexity index is 2510. The quantitative estimate of drug-likeness (QED) is 0.145. The number of aromatic nitrogens is 8. The maximum absolute atomic E-state index is 16.4. The molecule has 0 aliphatic heterocycles. The molecule has 0 saturated heterocycles. The Morgan fingerprint density at radius 2 is 1.12 bits per heavy atom. The number of ether oxygens (including phenoxy) is 2. The maximum atomic E-state index is 16.4. The van der Waals surface area contributed by atoms with E-state index in [-0.39, 0.29) is 28.1 Å². The van der Waals surface area contributed by atoms with Crippen molar-refractivity contribution < 1.29 is 53.4 Å². The first-order valence-electron chi connectivity index (χ1n) is 15.6. The third kappa shape index (κ3) is 9.30. The summed E-state index contributed by atoms with van der Waals surface area (Å²) >= 11 is 0. The van der Waals surface area contributed by atoms with Gasteiger partial charge in [-0.2, -0.15) is 36.5 Å². The van der Waals surface area contributed by atoms with Gasteiger partial charge >= 0.3 is 24.4 Å². The Hall–Kier alpha value is -6.74. The van der Waals surface area contributed by atoms with Crippen molar-refractivity contribution in [3.8, 4) is 45.7 Å². The molecule has 0 radical (unpaired) electrons. The van der Waals surface area contributed by atoms with Crippen LogP contribution in [0.1, 0.15) is 11.1 Å². The topological polar surface area (TPSA) is 140 Å². The SMILES string of the molecule is O=c1ccc(-c2cnc(OCC(F)(F)F)nc2)nn1Cc1c(F)ccc(-c2cc(-c3cnc(OCC(F)(F)F)nc3)nn(Cc3ccc(F)c(F)c3)c2=O)c1F. The maximum Gasteiger partial charge on any atom is 0.422 e. The summed E-state index contributed by atoms with van der Waals surface area (Å²) < 4.78 is 145. The Labute approximate surface area is 305 Å². The van der Waals surface area contributed by atoms with Crippen molar-refractivity contribution >= 4 is 0 Å². The summed E-state index contributed by atoms with van der Waals surface area (Å²) in [6.07, 6.45) is -5.29. The van der Waals surface area contributed by atoms with Gasteiger partial charge in [0.1, 0.15) is 11.6 Å². The van der Waals surface area contributed by atoms with Crippen molar-refractivity contribution in [2.75, 3.05) is 13.2 Å². The van der Waals surface area contributed by atoms with Gasteiger partial charge in [-0.1, -0.05) is 6.07 Å². The molecular formula is C34H20F10N8O4. The van der Waals surface area contributed by atoms with Gasteiger partial charge < -0.3 is 9.47 Å². The highest BCUT2D eigenvalue weighted by Gasteiger charge is 2.30. The van der Waals surface area contributed by atoms with Crippen molar-refractivity contribution in [3.05, 3.63) is 128 Å². The largest absolute Gasteiger partial charge is 0.454 e. The fourth-order valence-electron chi connectivity index (χ4n) is 4.95. The molecule has 0 atom stereocenters. The molecule has 0 aliphatic carbocycles. The van der Waals surface area contributed by atoms with Crippen LogP contribution in [0.15, 0.2) is 82.9 Å². The van der Waals surface area contributed by atoms with Crippen LogP contribution in [0, 0.1) is 23.3 Å². The number of rotatable bonds is 11. The van der Waals surface area contributed by atoms with Crippen molar-refractivity contribution in [1.82, 2.24) is 39.5 Å². The van der Waals surface area contributed by atoms with Crippen molar-refractivity contribution in [3.63, 3.8) is 0 Å². The molecular weight excluding hydrogens is 774 g/mol. The number of hydrogen-bond donors (Lipinski definition) is 0. The molecule has 0 aliphatic rings. The number of halogens is 10. The van der Waals surface area contributed by atoms with Crippen molar-refractivity contribution in [2.45, 2.75) is 25.4 Å². The zero-order valence-electron chi connectivity index (χ0n) is 27.7. The van der Waals surface area contributed by atoms with Gasteiger partial charge in [0.2, 0.25) is 0 Å². The van der Waals surface area contributed by atoms with E-state index in [1.54, 1.807) is 0 Å². The first-order valence-corrected chi connectivity index (χ1v) is 15.6. The van der Waals surface area contributed by atoms with Crippen LogP contribution in [0.4, 0.5) is 43.9 Å². The van der Waals surface area contributed by atoms with Gasteiger partial charge in [0.05, 0.1) is 30.0 Å².